The molecule has 1 aromatic heterocycles. The lowest BCUT2D eigenvalue weighted by molar-refractivity contribution is 0.0137. The van der Waals surface area contributed by atoms with Crippen LogP contribution < -0.4 is 14.2 Å². The number of aromatic amines is 1. The van der Waals surface area contributed by atoms with Crippen molar-refractivity contribution in [1.29, 1.82) is 0 Å². The summed E-state index contributed by atoms with van der Waals surface area (Å²) < 4.78 is 21.6. The van der Waals surface area contributed by atoms with Gasteiger partial charge in [-0.15, -0.1) is 0 Å². The summed E-state index contributed by atoms with van der Waals surface area (Å²) in [6.07, 6.45) is -0.267. The van der Waals surface area contributed by atoms with E-state index in [9.17, 15) is 4.79 Å². The van der Waals surface area contributed by atoms with Gasteiger partial charge in [-0.3, -0.25) is 10.00 Å². The largest absolute Gasteiger partial charge is 0.493 e. The molecule has 10 nitrogen and oxygen atoms in total. The van der Waals surface area contributed by atoms with E-state index >= 15 is 0 Å². The van der Waals surface area contributed by atoms with E-state index in [0.717, 1.165) is 24.5 Å². The van der Waals surface area contributed by atoms with Crippen LogP contribution in [0.5, 0.6) is 17.2 Å². The van der Waals surface area contributed by atoms with Gasteiger partial charge >= 0.3 is 6.09 Å². The number of nitrogens with zero attached hydrogens (tertiary/aromatic N) is 4. The highest BCUT2D eigenvalue weighted by atomic mass is 16.6. The smallest absolute Gasteiger partial charge is 0.410 e. The zero-order chi connectivity index (χ0) is 22.6. The molecule has 0 bridgehead atoms. The Bertz CT molecular complexity index is 875. The fraction of sp³-hybridized carbons (Fsp3) is 0.571. The van der Waals surface area contributed by atoms with Crippen molar-refractivity contribution in [1.82, 2.24) is 25.0 Å². The topological polar surface area (TPSA) is 102 Å². The first-order valence-corrected chi connectivity index (χ1v) is 10.2. The molecule has 1 aromatic carbocycles. The van der Waals surface area contributed by atoms with E-state index < -0.39 is 5.60 Å². The fourth-order valence-corrected chi connectivity index (χ4v) is 3.33. The molecule has 1 aliphatic heterocycles. The molecule has 0 radical (unpaired) electrons. The van der Waals surface area contributed by atoms with Crippen LogP contribution >= 0.6 is 0 Å². The van der Waals surface area contributed by atoms with Crippen LogP contribution in [0.1, 0.15) is 26.6 Å². The standard InChI is InChI=1S/C21H31N5O5/c1-21(2,3)31-20(27)26-9-7-25(8-10-26)13-17-22-19(24-23-17)14-11-15(28-4)18(30-6)16(12-14)29-5/h11-12H,7-10,13H2,1-6H3,(H,22,23,24). The number of rotatable bonds is 6. The quantitative estimate of drug-likeness (QED) is 0.742. The average Bonchev–Trinajstić information content (AvgIpc) is 3.20. The van der Waals surface area contributed by atoms with Gasteiger partial charge < -0.3 is 23.8 Å². The van der Waals surface area contributed by atoms with Crippen molar-refractivity contribution in [2.45, 2.75) is 32.9 Å². The summed E-state index contributed by atoms with van der Waals surface area (Å²) in [5, 5.41) is 7.34. The van der Waals surface area contributed by atoms with Gasteiger partial charge in [-0.05, 0) is 32.9 Å². The lowest BCUT2D eigenvalue weighted by Crippen LogP contribution is -2.49. The molecule has 31 heavy (non-hydrogen) atoms. The second-order valence-corrected chi connectivity index (χ2v) is 8.26. The average molecular weight is 434 g/mol. The first-order chi connectivity index (χ1) is 14.7. The molecule has 0 spiro atoms. The van der Waals surface area contributed by atoms with Gasteiger partial charge in [0, 0.05) is 31.7 Å². The van der Waals surface area contributed by atoms with Gasteiger partial charge in [-0.1, -0.05) is 0 Å². The Kier molecular flexibility index (Phi) is 6.89. The molecular formula is C21H31N5O5. The second kappa shape index (κ2) is 9.42. The number of aromatic nitrogens is 3. The predicted octanol–water partition coefficient (Wildman–Crippen LogP) is 2.55. The number of carbonyl (C=O) groups is 1. The highest BCUT2D eigenvalue weighted by Crippen LogP contribution is 2.40. The Labute approximate surface area is 182 Å². The van der Waals surface area contributed by atoms with E-state index in [1.165, 1.54) is 0 Å². The monoisotopic (exact) mass is 433 g/mol. The Balaban J connectivity index is 1.63. The van der Waals surface area contributed by atoms with E-state index in [1.54, 1.807) is 26.2 Å². The molecule has 1 aliphatic rings. The Morgan fingerprint density at radius 1 is 1.03 bits per heavy atom. The van der Waals surface area contributed by atoms with Crippen LogP contribution in [-0.4, -0.2) is 84.2 Å². The molecule has 0 saturated carbocycles. The van der Waals surface area contributed by atoms with Gasteiger partial charge in [0.05, 0.1) is 27.9 Å². The summed E-state index contributed by atoms with van der Waals surface area (Å²) in [6.45, 7) is 8.92. The molecular weight excluding hydrogens is 402 g/mol. The minimum atomic E-state index is -0.489. The van der Waals surface area contributed by atoms with E-state index in [0.29, 0.717) is 42.7 Å². The number of benzene rings is 1. The number of piperazine rings is 1. The third-order valence-corrected chi connectivity index (χ3v) is 4.85. The van der Waals surface area contributed by atoms with Crippen molar-refractivity contribution >= 4 is 6.09 Å². The zero-order valence-corrected chi connectivity index (χ0v) is 19.0. The third kappa shape index (κ3) is 5.57. The molecule has 2 aromatic rings. The van der Waals surface area contributed by atoms with Gasteiger partial charge in [0.25, 0.3) is 0 Å². The molecule has 0 atom stereocenters. The highest BCUT2D eigenvalue weighted by molar-refractivity contribution is 5.68. The normalized spacial score (nSPS) is 15.0. The van der Waals surface area contributed by atoms with Crippen molar-refractivity contribution in [3.8, 4) is 28.6 Å². The van der Waals surface area contributed by atoms with Crippen molar-refractivity contribution in [2.24, 2.45) is 0 Å². The maximum Gasteiger partial charge on any atom is 0.410 e. The van der Waals surface area contributed by atoms with E-state index in [2.05, 4.69) is 20.1 Å². The maximum atomic E-state index is 12.2. The number of H-pyrrole nitrogens is 1. The third-order valence-electron chi connectivity index (χ3n) is 4.85. The number of ether oxygens (including phenoxy) is 4. The number of hydrogen-bond donors (Lipinski definition) is 1. The molecule has 1 saturated heterocycles. The molecule has 1 fully saturated rings. The molecule has 1 N–H and O–H groups in total. The maximum absolute atomic E-state index is 12.2. The second-order valence-electron chi connectivity index (χ2n) is 8.26. The van der Waals surface area contributed by atoms with E-state index in [1.807, 2.05) is 32.9 Å². The van der Waals surface area contributed by atoms with Crippen LogP contribution in [-0.2, 0) is 11.3 Å². The first-order valence-electron chi connectivity index (χ1n) is 10.2. The summed E-state index contributed by atoms with van der Waals surface area (Å²) in [4.78, 5) is 20.8. The zero-order valence-electron chi connectivity index (χ0n) is 19.0. The van der Waals surface area contributed by atoms with Crippen molar-refractivity contribution in [3.05, 3.63) is 18.0 Å². The Morgan fingerprint density at radius 3 is 2.16 bits per heavy atom. The SMILES string of the molecule is COc1cc(-c2n[nH]c(CN3CCN(C(=O)OC(C)(C)C)CC3)n2)cc(OC)c1OC. The molecule has 1 amide bonds. The summed E-state index contributed by atoms with van der Waals surface area (Å²) in [6, 6.07) is 3.63. The lowest BCUT2D eigenvalue weighted by Gasteiger charge is -2.35. The minimum Gasteiger partial charge on any atom is -0.493 e. The number of methoxy groups -OCH3 is 3. The molecule has 0 unspecified atom stereocenters. The van der Waals surface area contributed by atoms with Crippen LogP contribution in [0.25, 0.3) is 11.4 Å². The number of carbonyl (C=O) groups excluding carboxylic acids is 1. The van der Waals surface area contributed by atoms with Gasteiger partial charge in [-0.25, -0.2) is 9.78 Å². The van der Waals surface area contributed by atoms with Gasteiger partial charge in [-0.2, -0.15) is 5.10 Å². The van der Waals surface area contributed by atoms with Crippen LogP contribution in [0.4, 0.5) is 4.79 Å². The van der Waals surface area contributed by atoms with Gasteiger partial charge in [0.1, 0.15) is 11.4 Å². The van der Waals surface area contributed by atoms with Crippen molar-refractivity contribution in [2.75, 3.05) is 47.5 Å². The summed E-state index contributed by atoms with van der Waals surface area (Å²) in [7, 11) is 4.70. The number of nitrogens with one attached hydrogen (secondary N) is 1. The highest BCUT2D eigenvalue weighted by Gasteiger charge is 2.26. The van der Waals surface area contributed by atoms with Crippen LogP contribution in [0, 0.1) is 0 Å². The molecule has 10 heteroatoms. The fourth-order valence-electron chi connectivity index (χ4n) is 3.33. The molecule has 3 rings (SSSR count). The number of amides is 1. The molecule has 0 aliphatic carbocycles. The Hall–Kier alpha value is -3.01. The van der Waals surface area contributed by atoms with E-state index in [-0.39, 0.29) is 6.09 Å². The van der Waals surface area contributed by atoms with Crippen LogP contribution in [0.2, 0.25) is 0 Å². The van der Waals surface area contributed by atoms with Gasteiger partial charge in [0.2, 0.25) is 5.75 Å². The minimum absolute atomic E-state index is 0.267. The summed E-state index contributed by atoms with van der Waals surface area (Å²) >= 11 is 0. The van der Waals surface area contributed by atoms with Crippen LogP contribution in [0.15, 0.2) is 12.1 Å². The summed E-state index contributed by atoms with van der Waals surface area (Å²) in [5.74, 6) is 2.89. The van der Waals surface area contributed by atoms with Crippen molar-refractivity contribution in [3.63, 3.8) is 0 Å². The molecule has 170 valence electrons. The van der Waals surface area contributed by atoms with Gasteiger partial charge in [0.15, 0.2) is 17.3 Å². The molecule has 2 heterocycles. The lowest BCUT2D eigenvalue weighted by atomic mass is 10.1. The van der Waals surface area contributed by atoms with Crippen molar-refractivity contribution < 1.29 is 23.7 Å². The first kappa shape index (κ1) is 22.7. The van der Waals surface area contributed by atoms with E-state index in [4.69, 9.17) is 18.9 Å². The number of hydrogen-bond acceptors (Lipinski definition) is 8. The predicted molar refractivity (Wildman–Crippen MR) is 115 cm³/mol. The van der Waals surface area contributed by atoms with Crippen LogP contribution in [0.3, 0.4) is 0 Å². The Morgan fingerprint density at radius 2 is 1.65 bits per heavy atom. The summed E-state index contributed by atoms with van der Waals surface area (Å²) in [5.41, 5.74) is 0.267.